The number of anilines is 1. The molecule has 0 saturated carbocycles. The van der Waals surface area contributed by atoms with Gasteiger partial charge in [-0.1, -0.05) is 17.7 Å². The van der Waals surface area contributed by atoms with Gasteiger partial charge in [0.2, 0.25) is 0 Å². The maximum Gasteiger partial charge on any atom is 0.326 e. The van der Waals surface area contributed by atoms with Gasteiger partial charge in [-0.05, 0) is 36.6 Å². The molecule has 2 rings (SSSR count). The SMILES string of the molecule is CSCCC(NC(=O)/C(C#N)=C\N1CCN(c2cccc(Cl)c2)CC1)C(=O)O. The molecule has 1 unspecified atom stereocenters. The molecular weight excluding hydrogens is 400 g/mol. The quantitative estimate of drug-likeness (QED) is 0.489. The number of amides is 1. The van der Waals surface area contributed by atoms with Gasteiger partial charge in [0.05, 0.1) is 0 Å². The Morgan fingerprint density at radius 2 is 2.11 bits per heavy atom. The molecule has 1 atom stereocenters. The average Bonchev–Trinajstić information content (AvgIpc) is 2.69. The Labute approximate surface area is 173 Å². The third-order valence-corrected chi connectivity index (χ3v) is 5.26. The molecule has 0 aliphatic carbocycles. The second kappa shape index (κ2) is 10.8. The molecule has 0 spiro atoms. The van der Waals surface area contributed by atoms with Crippen LogP contribution in [0.15, 0.2) is 36.0 Å². The Balaban J connectivity index is 1.96. The van der Waals surface area contributed by atoms with Crippen molar-refractivity contribution in [3.8, 4) is 6.07 Å². The first-order chi connectivity index (χ1) is 13.4. The fourth-order valence-corrected chi connectivity index (χ4v) is 3.49. The zero-order valence-electron chi connectivity index (χ0n) is 15.6. The van der Waals surface area contributed by atoms with Crippen molar-refractivity contribution in [3.63, 3.8) is 0 Å². The summed E-state index contributed by atoms with van der Waals surface area (Å²) < 4.78 is 0. The Kier molecular flexibility index (Phi) is 8.48. The van der Waals surface area contributed by atoms with Crippen molar-refractivity contribution in [2.45, 2.75) is 12.5 Å². The highest BCUT2D eigenvalue weighted by atomic mass is 35.5. The molecule has 2 N–H and O–H groups in total. The van der Waals surface area contributed by atoms with Gasteiger partial charge < -0.3 is 20.2 Å². The van der Waals surface area contributed by atoms with Gasteiger partial charge in [0.15, 0.2) is 0 Å². The molecule has 1 aliphatic rings. The molecule has 7 nitrogen and oxygen atoms in total. The number of hydrogen-bond acceptors (Lipinski definition) is 6. The van der Waals surface area contributed by atoms with Gasteiger partial charge in [-0.15, -0.1) is 0 Å². The number of nitrogens with one attached hydrogen (secondary N) is 1. The molecule has 9 heteroatoms. The molecule has 1 amide bonds. The third-order valence-electron chi connectivity index (χ3n) is 4.38. The summed E-state index contributed by atoms with van der Waals surface area (Å²) >= 11 is 7.54. The molecule has 1 saturated heterocycles. The number of carboxylic acid groups (broad SMARTS) is 1. The first-order valence-corrected chi connectivity index (χ1v) is 10.6. The molecular formula is C19H23ClN4O3S. The normalized spacial score (nSPS) is 15.7. The summed E-state index contributed by atoms with van der Waals surface area (Å²) in [5.41, 5.74) is 0.944. The molecule has 1 aromatic rings. The van der Waals surface area contributed by atoms with Gasteiger partial charge in [0.1, 0.15) is 17.7 Å². The standard InChI is InChI=1S/C19H23ClN4O3S/c1-28-10-5-17(19(26)27)22-18(25)14(12-21)13-23-6-8-24(9-7-23)16-4-2-3-15(20)11-16/h2-4,11,13,17H,5-10H2,1H3,(H,22,25)(H,26,27)/b14-13-. The van der Waals surface area contributed by atoms with Crippen molar-refractivity contribution in [1.82, 2.24) is 10.2 Å². The highest BCUT2D eigenvalue weighted by Crippen LogP contribution is 2.21. The number of thioether (sulfide) groups is 1. The van der Waals surface area contributed by atoms with Crippen LogP contribution in [0, 0.1) is 11.3 Å². The first kappa shape index (κ1) is 21.9. The molecule has 1 heterocycles. The lowest BCUT2D eigenvalue weighted by Crippen LogP contribution is -2.45. The van der Waals surface area contributed by atoms with Crippen LogP contribution in [-0.2, 0) is 9.59 Å². The van der Waals surface area contributed by atoms with Crippen molar-refractivity contribution < 1.29 is 14.7 Å². The molecule has 0 radical (unpaired) electrons. The highest BCUT2D eigenvalue weighted by molar-refractivity contribution is 7.98. The fourth-order valence-electron chi connectivity index (χ4n) is 2.83. The van der Waals surface area contributed by atoms with Gasteiger partial charge in [-0.25, -0.2) is 4.79 Å². The van der Waals surface area contributed by atoms with Gasteiger partial charge in [0.25, 0.3) is 5.91 Å². The van der Waals surface area contributed by atoms with Crippen LogP contribution in [0.3, 0.4) is 0 Å². The number of hydrogen-bond donors (Lipinski definition) is 2. The maximum atomic E-state index is 12.3. The predicted molar refractivity (Wildman–Crippen MR) is 111 cm³/mol. The minimum absolute atomic E-state index is 0.0911. The monoisotopic (exact) mass is 422 g/mol. The topological polar surface area (TPSA) is 96.7 Å². The number of nitrogens with zero attached hydrogens (tertiary/aromatic N) is 3. The van der Waals surface area contributed by atoms with Gasteiger partial charge >= 0.3 is 5.97 Å². The number of carbonyl (C=O) groups is 2. The zero-order valence-corrected chi connectivity index (χ0v) is 17.2. The van der Waals surface area contributed by atoms with Crippen LogP contribution in [-0.4, -0.2) is 66.1 Å². The molecule has 1 aromatic carbocycles. The van der Waals surface area contributed by atoms with Crippen LogP contribution in [0.2, 0.25) is 5.02 Å². The summed E-state index contributed by atoms with van der Waals surface area (Å²) in [5, 5.41) is 21.7. The lowest BCUT2D eigenvalue weighted by atomic mass is 10.2. The van der Waals surface area contributed by atoms with E-state index >= 15 is 0 Å². The Bertz CT molecular complexity index is 773. The van der Waals surface area contributed by atoms with E-state index in [1.54, 1.807) is 0 Å². The van der Waals surface area contributed by atoms with Crippen molar-refractivity contribution in [1.29, 1.82) is 5.26 Å². The van der Waals surface area contributed by atoms with E-state index in [4.69, 9.17) is 11.6 Å². The van der Waals surface area contributed by atoms with Gasteiger partial charge in [-0.3, -0.25) is 4.79 Å². The van der Waals surface area contributed by atoms with E-state index in [9.17, 15) is 20.0 Å². The molecule has 28 heavy (non-hydrogen) atoms. The van der Waals surface area contributed by atoms with E-state index in [2.05, 4.69) is 10.2 Å². The Morgan fingerprint density at radius 3 is 2.68 bits per heavy atom. The molecule has 1 aliphatic heterocycles. The summed E-state index contributed by atoms with van der Waals surface area (Å²) in [5.74, 6) is -1.16. The molecule has 1 fully saturated rings. The van der Waals surface area contributed by atoms with Crippen molar-refractivity contribution in [2.24, 2.45) is 0 Å². The Morgan fingerprint density at radius 1 is 1.39 bits per heavy atom. The van der Waals surface area contributed by atoms with E-state index in [0.717, 1.165) is 18.8 Å². The third kappa shape index (κ3) is 6.36. The predicted octanol–water partition coefficient (Wildman–Crippen LogP) is 2.19. The minimum atomic E-state index is -1.10. The van der Waals surface area contributed by atoms with Crippen LogP contribution in [0.4, 0.5) is 5.69 Å². The van der Waals surface area contributed by atoms with E-state index in [1.807, 2.05) is 41.5 Å². The number of benzene rings is 1. The summed E-state index contributed by atoms with van der Waals surface area (Å²) in [6.45, 7) is 2.73. The highest BCUT2D eigenvalue weighted by Gasteiger charge is 2.23. The number of aliphatic carboxylic acids is 1. The van der Waals surface area contributed by atoms with Gasteiger partial charge in [-0.2, -0.15) is 17.0 Å². The minimum Gasteiger partial charge on any atom is -0.480 e. The number of nitriles is 1. The number of carboxylic acids is 1. The van der Waals surface area contributed by atoms with E-state index < -0.39 is 17.9 Å². The second-order valence-corrected chi connectivity index (χ2v) is 7.73. The van der Waals surface area contributed by atoms with Crippen LogP contribution in [0.25, 0.3) is 0 Å². The number of piperazine rings is 1. The molecule has 0 bridgehead atoms. The van der Waals surface area contributed by atoms with Crippen LogP contribution < -0.4 is 10.2 Å². The second-order valence-electron chi connectivity index (χ2n) is 6.30. The fraction of sp³-hybridized carbons (Fsp3) is 0.421. The van der Waals surface area contributed by atoms with Gasteiger partial charge in [0, 0.05) is 43.1 Å². The van der Waals surface area contributed by atoms with Crippen LogP contribution >= 0.6 is 23.4 Å². The van der Waals surface area contributed by atoms with Crippen molar-refractivity contribution in [2.75, 3.05) is 43.1 Å². The Hall–Kier alpha value is -2.37. The average molecular weight is 423 g/mol. The van der Waals surface area contributed by atoms with Crippen molar-refractivity contribution in [3.05, 3.63) is 41.1 Å². The van der Waals surface area contributed by atoms with E-state index in [1.165, 1.54) is 18.0 Å². The number of rotatable bonds is 8. The summed E-state index contributed by atoms with van der Waals surface area (Å²) in [6.07, 6.45) is 3.68. The lowest BCUT2D eigenvalue weighted by molar-refractivity contribution is -0.141. The van der Waals surface area contributed by atoms with E-state index in [-0.39, 0.29) is 5.57 Å². The number of halogens is 1. The summed E-state index contributed by atoms with van der Waals surface area (Å²) in [7, 11) is 0. The maximum absolute atomic E-state index is 12.3. The number of carbonyl (C=O) groups excluding carboxylic acids is 1. The van der Waals surface area contributed by atoms with Crippen molar-refractivity contribution >= 4 is 40.9 Å². The first-order valence-electron chi connectivity index (χ1n) is 8.83. The smallest absolute Gasteiger partial charge is 0.326 e. The summed E-state index contributed by atoms with van der Waals surface area (Å²) in [6, 6.07) is 8.50. The largest absolute Gasteiger partial charge is 0.480 e. The zero-order chi connectivity index (χ0) is 20.5. The molecule has 0 aromatic heterocycles. The van der Waals surface area contributed by atoms with E-state index in [0.29, 0.717) is 30.3 Å². The summed E-state index contributed by atoms with van der Waals surface area (Å²) in [4.78, 5) is 27.7. The molecule has 150 valence electrons. The lowest BCUT2D eigenvalue weighted by Gasteiger charge is -2.35. The van der Waals surface area contributed by atoms with Crippen LogP contribution in [0.1, 0.15) is 6.42 Å². The van der Waals surface area contributed by atoms with Crippen LogP contribution in [0.5, 0.6) is 0 Å².